The highest BCUT2D eigenvalue weighted by molar-refractivity contribution is 6.13. The normalized spacial score (nSPS) is 14.5. The Morgan fingerprint density at radius 1 is 0.561 bits per heavy atom. The van der Waals surface area contributed by atoms with E-state index in [9.17, 15) is 0 Å². The molecule has 4 heteroatoms. The van der Waals surface area contributed by atoms with Crippen molar-refractivity contribution in [2.45, 2.75) is 6.23 Å². The molecule has 6 aromatic carbocycles. The molecular weight excluding hydrogens is 504 g/mol. The van der Waals surface area contributed by atoms with Gasteiger partial charge in [0.2, 0.25) is 0 Å². The number of anilines is 1. The third kappa shape index (κ3) is 3.34. The Bertz CT molecular complexity index is 2260. The van der Waals surface area contributed by atoms with E-state index in [2.05, 4.69) is 113 Å². The molecule has 1 aliphatic heterocycles. The van der Waals surface area contributed by atoms with Crippen LogP contribution in [0.2, 0.25) is 0 Å². The Morgan fingerprint density at radius 2 is 1.29 bits per heavy atom. The van der Waals surface area contributed by atoms with Crippen molar-refractivity contribution >= 4 is 49.4 Å². The topological polar surface area (TPSA) is 39.3 Å². The maximum atomic E-state index is 6.36. The zero-order valence-electron chi connectivity index (χ0n) is 22.0. The first-order valence-electron chi connectivity index (χ1n) is 13.9. The lowest BCUT2D eigenvalue weighted by atomic mass is 10.0. The molecule has 0 amide bonds. The van der Waals surface area contributed by atoms with Crippen molar-refractivity contribution in [2.75, 3.05) is 5.32 Å². The van der Waals surface area contributed by atoms with E-state index in [0.717, 1.165) is 44.6 Å². The van der Waals surface area contributed by atoms with Crippen LogP contribution < -0.4 is 10.1 Å². The number of ether oxygens (including phenoxy) is 1. The van der Waals surface area contributed by atoms with Gasteiger partial charge in [-0.15, -0.1) is 0 Å². The van der Waals surface area contributed by atoms with E-state index in [-0.39, 0.29) is 6.23 Å². The second-order valence-electron chi connectivity index (χ2n) is 10.6. The Kier molecular flexibility index (Phi) is 4.64. The summed E-state index contributed by atoms with van der Waals surface area (Å²) in [6.45, 7) is 0. The predicted octanol–water partition coefficient (Wildman–Crippen LogP) is 9.85. The molecule has 4 nitrogen and oxygen atoms in total. The molecule has 0 saturated carbocycles. The Morgan fingerprint density at radius 3 is 2.17 bits per heavy atom. The van der Waals surface area contributed by atoms with Crippen molar-refractivity contribution in [1.29, 1.82) is 0 Å². The third-order valence-corrected chi connectivity index (χ3v) is 8.26. The number of fused-ring (bicyclic) bond motifs is 8. The highest BCUT2D eigenvalue weighted by Crippen LogP contribution is 2.46. The quantitative estimate of drug-likeness (QED) is 0.248. The van der Waals surface area contributed by atoms with E-state index in [0.29, 0.717) is 0 Å². The van der Waals surface area contributed by atoms with Gasteiger partial charge in [-0.2, -0.15) is 0 Å². The van der Waals surface area contributed by atoms with Crippen molar-refractivity contribution in [3.8, 4) is 22.6 Å². The number of hydrogen-bond donors (Lipinski definition) is 1. The number of nitrogens with zero attached hydrogens (tertiary/aromatic N) is 1. The second kappa shape index (κ2) is 8.51. The molecule has 194 valence electrons. The van der Waals surface area contributed by atoms with Crippen LogP contribution in [0.25, 0.3) is 60.6 Å². The van der Waals surface area contributed by atoms with Crippen LogP contribution in [0.15, 0.2) is 138 Å². The first-order chi connectivity index (χ1) is 20.3. The fraction of sp³-hybridized carbons (Fsp3) is 0.0270. The summed E-state index contributed by atoms with van der Waals surface area (Å²) in [5.41, 5.74) is 9.73. The van der Waals surface area contributed by atoms with Crippen LogP contribution in [0.5, 0.6) is 5.75 Å². The van der Waals surface area contributed by atoms with Crippen molar-refractivity contribution in [3.63, 3.8) is 0 Å². The second-order valence-corrected chi connectivity index (χ2v) is 10.6. The number of para-hydroxylation sites is 3. The number of rotatable bonds is 3. The molecule has 9 rings (SSSR count). The number of hydrogen-bond acceptors (Lipinski definition) is 3. The fourth-order valence-electron chi connectivity index (χ4n) is 6.33. The first kappa shape index (κ1) is 22.3. The van der Waals surface area contributed by atoms with Gasteiger partial charge >= 0.3 is 0 Å². The Balaban J connectivity index is 1.09. The standard InChI is InChI=1S/C37H24N2O2/c1-2-8-26(9-3-1)39-30-12-6-4-10-27(30)28-19-18-25(22-31(28)39)23-14-16-24(17-15-23)37-38-36-34(41-37)21-20-33-35(36)29-11-5-7-13-32(29)40-33/h1-22,37-38H. The van der Waals surface area contributed by atoms with E-state index in [1.54, 1.807) is 0 Å². The maximum absolute atomic E-state index is 6.36. The van der Waals surface area contributed by atoms with Crippen LogP contribution in [0, 0.1) is 0 Å². The van der Waals surface area contributed by atoms with Gasteiger partial charge in [0.1, 0.15) is 16.9 Å². The molecule has 0 radical (unpaired) electrons. The number of furan rings is 1. The zero-order valence-corrected chi connectivity index (χ0v) is 22.0. The van der Waals surface area contributed by atoms with E-state index >= 15 is 0 Å². The summed E-state index contributed by atoms with van der Waals surface area (Å²) in [6.07, 6.45) is -0.263. The van der Waals surface area contributed by atoms with E-state index in [4.69, 9.17) is 9.15 Å². The molecule has 1 atom stereocenters. The van der Waals surface area contributed by atoms with Gasteiger partial charge in [-0.05, 0) is 53.6 Å². The Labute approximate surface area is 236 Å². The lowest BCUT2D eigenvalue weighted by Crippen LogP contribution is -2.09. The number of aromatic nitrogens is 1. The third-order valence-electron chi connectivity index (χ3n) is 8.26. The van der Waals surface area contributed by atoms with Crippen LogP contribution in [0.4, 0.5) is 5.69 Å². The van der Waals surface area contributed by atoms with Crippen LogP contribution in [0.3, 0.4) is 0 Å². The molecule has 0 aliphatic carbocycles. The summed E-state index contributed by atoms with van der Waals surface area (Å²) in [6, 6.07) is 46.8. The van der Waals surface area contributed by atoms with Gasteiger partial charge < -0.3 is 19.0 Å². The minimum absolute atomic E-state index is 0.263. The lowest BCUT2D eigenvalue weighted by molar-refractivity contribution is 0.260. The van der Waals surface area contributed by atoms with Crippen molar-refractivity contribution in [2.24, 2.45) is 0 Å². The van der Waals surface area contributed by atoms with Crippen LogP contribution in [0.1, 0.15) is 11.8 Å². The monoisotopic (exact) mass is 528 g/mol. The summed E-state index contributed by atoms with van der Waals surface area (Å²) < 4.78 is 14.8. The molecule has 8 aromatic rings. The SMILES string of the molecule is c1ccc(-n2c3ccccc3c3ccc(-c4ccc(C5Nc6c(ccc7oc8ccccc8c67)O5)cc4)cc32)cc1. The molecular formula is C37H24N2O2. The average Bonchev–Trinajstić information content (AvgIpc) is 3.72. The molecule has 0 spiro atoms. The number of benzene rings is 6. The van der Waals surface area contributed by atoms with E-state index < -0.39 is 0 Å². The van der Waals surface area contributed by atoms with Gasteiger partial charge in [0.25, 0.3) is 0 Å². The zero-order chi connectivity index (χ0) is 26.9. The summed E-state index contributed by atoms with van der Waals surface area (Å²) in [5, 5.41) is 8.29. The molecule has 0 bridgehead atoms. The highest BCUT2D eigenvalue weighted by atomic mass is 16.5. The minimum atomic E-state index is -0.263. The van der Waals surface area contributed by atoms with Crippen LogP contribution >= 0.6 is 0 Å². The molecule has 0 saturated heterocycles. The molecule has 1 N–H and O–H groups in total. The van der Waals surface area contributed by atoms with Gasteiger partial charge in [0, 0.05) is 27.4 Å². The van der Waals surface area contributed by atoms with Gasteiger partial charge in [-0.25, -0.2) is 0 Å². The summed E-state index contributed by atoms with van der Waals surface area (Å²) in [4.78, 5) is 0. The molecule has 1 aliphatic rings. The van der Waals surface area contributed by atoms with E-state index in [1.165, 1.54) is 32.9 Å². The Hall–Kier alpha value is -5.48. The molecule has 0 fully saturated rings. The summed E-state index contributed by atoms with van der Waals surface area (Å²) in [5.74, 6) is 0.845. The fourth-order valence-corrected chi connectivity index (χ4v) is 6.33. The van der Waals surface area contributed by atoms with Crippen LogP contribution in [-0.4, -0.2) is 4.57 Å². The van der Waals surface area contributed by atoms with Gasteiger partial charge in [-0.1, -0.05) is 91.0 Å². The van der Waals surface area contributed by atoms with Gasteiger partial charge in [0.05, 0.1) is 22.1 Å². The minimum Gasteiger partial charge on any atom is -0.464 e. The molecule has 1 unspecified atom stereocenters. The molecule has 3 heterocycles. The maximum Gasteiger partial charge on any atom is 0.196 e. The summed E-state index contributed by atoms with van der Waals surface area (Å²) in [7, 11) is 0. The predicted molar refractivity (Wildman–Crippen MR) is 167 cm³/mol. The smallest absolute Gasteiger partial charge is 0.196 e. The summed E-state index contributed by atoms with van der Waals surface area (Å²) >= 11 is 0. The van der Waals surface area contributed by atoms with Crippen molar-refractivity contribution in [1.82, 2.24) is 4.57 Å². The van der Waals surface area contributed by atoms with Crippen molar-refractivity contribution in [3.05, 3.63) is 139 Å². The average molecular weight is 529 g/mol. The number of nitrogens with one attached hydrogen (secondary N) is 1. The highest BCUT2D eigenvalue weighted by Gasteiger charge is 2.27. The lowest BCUT2D eigenvalue weighted by Gasteiger charge is -2.13. The molecule has 41 heavy (non-hydrogen) atoms. The largest absolute Gasteiger partial charge is 0.464 e. The van der Waals surface area contributed by atoms with Gasteiger partial charge in [0.15, 0.2) is 6.23 Å². The van der Waals surface area contributed by atoms with Crippen molar-refractivity contribution < 1.29 is 9.15 Å². The van der Waals surface area contributed by atoms with Gasteiger partial charge in [-0.3, -0.25) is 0 Å². The molecule has 2 aromatic heterocycles. The van der Waals surface area contributed by atoms with E-state index in [1.807, 2.05) is 30.3 Å². The first-order valence-corrected chi connectivity index (χ1v) is 13.9. The van der Waals surface area contributed by atoms with Crippen LogP contribution in [-0.2, 0) is 0 Å².